The summed E-state index contributed by atoms with van der Waals surface area (Å²) in [6.45, 7) is 1.43. The Bertz CT molecular complexity index is 509. The number of nitrogens with one attached hydrogen (secondary N) is 2. The van der Waals surface area contributed by atoms with E-state index >= 15 is 0 Å². The summed E-state index contributed by atoms with van der Waals surface area (Å²) in [5.74, 6) is -1.20. The zero-order chi connectivity index (χ0) is 15.2. The highest BCUT2D eigenvalue weighted by Crippen LogP contribution is 2.17. The number of rotatable bonds is 4. The van der Waals surface area contributed by atoms with Crippen molar-refractivity contribution < 1.29 is 19.1 Å². The lowest BCUT2D eigenvalue weighted by atomic mass is 10.2. The number of esters is 1. The second kappa shape index (κ2) is 7.21. The minimum Gasteiger partial charge on any atom is -0.449 e. The fourth-order valence-corrected chi connectivity index (χ4v) is 2.79. The molecule has 0 spiro atoms. The fraction of sp³-hybridized carbons (Fsp3) is 0.500. The average molecular weight is 310 g/mol. The highest BCUT2D eigenvalue weighted by atomic mass is 32.1. The topological polar surface area (TPSA) is 84.5 Å². The van der Waals surface area contributed by atoms with Crippen LogP contribution in [-0.4, -0.2) is 30.1 Å². The minimum atomic E-state index is -1.02. The third-order valence-electron chi connectivity index (χ3n) is 3.34. The summed E-state index contributed by atoms with van der Waals surface area (Å²) in [5.41, 5.74) is 0.398. The van der Waals surface area contributed by atoms with Gasteiger partial charge in [-0.2, -0.15) is 11.3 Å². The van der Waals surface area contributed by atoms with E-state index in [1.165, 1.54) is 18.3 Å². The van der Waals surface area contributed by atoms with Gasteiger partial charge in [-0.15, -0.1) is 0 Å². The van der Waals surface area contributed by atoms with Gasteiger partial charge in [-0.05, 0) is 31.2 Å². The molecule has 1 fully saturated rings. The molecule has 0 aliphatic heterocycles. The van der Waals surface area contributed by atoms with E-state index in [1.807, 2.05) is 0 Å². The Morgan fingerprint density at radius 2 is 2.05 bits per heavy atom. The quantitative estimate of drug-likeness (QED) is 0.834. The van der Waals surface area contributed by atoms with Crippen molar-refractivity contribution >= 4 is 29.2 Å². The molecule has 0 radical (unpaired) electrons. The Kier molecular flexibility index (Phi) is 5.32. The van der Waals surface area contributed by atoms with Crippen molar-refractivity contribution in [3.63, 3.8) is 0 Å². The average Bonchev–Trinajstić information content (AvgIpc) is 3.10. The maximum atomic E-state index is 11.8. The van der Waals surface area contributed by atoms with Gasteiger partial charge in [-0.25, -0.2) is 9.59 Å². The Balaban J connectivity index is 1.76. The molecule has 2 rings (SSSR count). The molecular formula is C14H18N2O4S. The predicted octanol–water partition coefficient (Wildman–Crippen LogP) is 2.06. The molecule has 0 bridgehead atoms. The van der Waals surface area contributed by atoms with Gasteiger partial charge in [0.1, 0.15) is 0 Å². The van der Waals surface area contributed by atoms with E-state index in [2.05, 4.69) is 10.6 Å². The van der Waals surface area contributed by atoms with Gasteiger partial charge in [-0.3, -0.25) is 10.1 Å². The van der Waals surface area contributed by atoms with Gasteiger partial charge in [0.2, 0.25) is 0 Å². The van der Waals surface area contributed by atoms with Crippen LogP contribution in [-0.2, 0) is 9.53 Å². The van der Waals surface area contributed by atoms with Crippen molar-refractivity contribution in [3.8, 4) is 0 Å². The summed E-state index contributed by atoms with van der Waals surface area (Å²) >= 11 is 1.37. The van der Waals surface area contributed by atoms with Crippen LogP contribution in [0.5, 0.6) is 0 Å². The van der Waals surface area contributed by atoms with Crippen LogP contribution < -0.4 is 10.6 Å². The number of imide groups is 1. The molecule has 1 aromatic rings. The van der Waals surface area contributed by atoms with Crippen molar-refractivity contribution in [2.24, 2.45) is 0 Å². The molecule has 0 unspecified atom stereocenters. The van der Waals surface area contributed by atoms with E-state index in [0.29, 0.717) is 5.56 Å². The van der Waals surface area contributed by atoms with Crippen LogP contribution in [0, 0.1) is 0 Å². The van der Waals surface area contributed by atoms with Crippen LogP contribution >= 0.6 is 11.3 Å². The standard InChI is InChI=1S/C14H18N2O4S/c1-9(20-13(18)10-6-7-21-8-10)12(17)16-14(19)15-11-4-2-3-5-11/h6-9,11H,2-5H2,1H3,(H2,15,16,17,19)/t9-/m0/s1. The molecule has 114 valence electrons. The fourth-order valence-electron chi connectivity index (χ4n) is 2.17. The Hall–Kier alpha value is -1.89. The van der Waals surface area contributed by atoms with Crippen LogP contribution in [0.15, 0.2) is 16.8 Å². The van der Waals surface area contributed by atoms with Crippen LogP contribution in [0.3, 0.4) is 0 Å². The number of urea groups is 1. The highest BCUT2D eigenvalue weighted by Gasteiger charge is 2.23. The van der Waals surface area contributed by atoms with Crippen molar-refractivity contribution in [1.82, 2.24) is 10.6 Å². The van der Waals surface area contributed by atoms with Gasteiger partial charge in [0.15, 0.2) is 6.10 Å². The van der Waals surface area contributed by atoms with E-state index in [9.17, 15) is 14.4 Å². The first kappa shape index (κ1) is 15.5. The number of carbonyl (C=O) groups is 3. The van der Waals surface area contributed by atoms with Crippen LogP contribution in [0.2, 0.25) is 0 Å². The number of amides is 3. The normalized spacial score (nSPS) is 16.2. The van der Waals surface area contributed by atoms with Crippen molar-refractivity contribution in [1.29, 1.82) is 0 Å². The zero-order valence-electron chi connectivity index (χ0n) is 11.8. The second-order valence-electron chi connectivity index (χ2n) is 5.00. The van der Waals surface area contributed by atoms with Gasteiger partial charge in [0.05, 0.1) is 5.56 Å². The van der Waals surface area contributed by atoms with Crippen molar-refractivity contribution in [3.05, 3.63) is 22.4 Å². The Morgan fingerprint density at radius 1 is 1.33 bits per heavy atom. The summed E-state index contributed by atoms with van der Waals surface area (Å²) < 4.78 is 5.00. The maximum Gasteiger partial charge on any atom is 0.339 e. The number of hydrogen-bond acceptors (Lipinski definition) is 5. The molecule has 3 amide bonds. The van der Waals surface area contributed by atoms with Crippen molar-refractivity contribution in [2.45, 2.75) is 44.8 Å². The molecule has 21 heavy (non-hydrogen) atoms. The molecule has 1 atom stereocenters. The number of hydrogen-bond donors (Lipinski definition) is 2. The SMILES string of the molecule is C[C@H](OC(=O)c1ccsc1)C(=O)NC(=O)NC1CCCC1. The molecule has 0 aromatic carbocycles. The lowest BCUT2D eigenvalue weighted by molar-refractivity contribution is -0.127. The van der Waals surface area contributed by atoms with E-state index in [-0.39, 0.29) is 6.04 Å². The molecule has 1 aliphatic rings. The third-order valence-corrected chi connectivity index (χ3v) is 4.02. The lowest BCUT2D eigenvalue weighted by Crippen LogP contribution is -2.47. The van der Waals surface area contributed by atoms with Gasteiger partial charge >= 0.3 is 12.0 Å². The number of carbonyl (C=O) groups excluding carboxylic acids is 3. The molecule has 6 nitrogen and oxygen atoms in total. The maximum absolute atomic E-state index is 11.8. The van der Waals surface area contributed by atoms with Gasteiger partial charge in [-0.1, -0.05) is 12.8 Å². The third kappa shape index (κ3) is 4.56. The Morgan fingerprint density at radius 3 is 2.67 bits per heavy atom. The summed E-state index contributed by atoms with van der Waals surface area (Å²) in [6.07, 6.45) is 3.03. The number of ether oxygens (including phenoxy) is 1. The first-order valence-corrected chi connectivity index (χ1v) is 7.85. The zero-order valence-corrected chi connectivity index (χ0v) is 12.6. The first-order valence-electron chi connectivity index (χ1n) is 6.91. The van der Waals surface area contributed by atoms with E-state index < -0.39 is 24.0 Å². The van der Waals surface area contributed by atoms with Gasteiger partial charge in [0.25, 0.3) is 5.91 Å². The van der Waals surface area contributed by atoms with Crippen LogP contribution in [0.4, 0.5) is 4.79 Å². The first-order chi connectivity index (χ1) is 10.1. The molecule has 0 saturated heterocycles. The molecule has 1 heterocycles. The van der Waals surface area contributed by atoms with E-state index in [1.54, 1.807) is 16.8 Å². The van der Waals surface area contributed by atoms with Gasteiger partial charge in [0, 0.05) is 11.4 Å². The summed E-state index contributed by atoms with van der Waals surface area (Å²) in [6, 6.07) is 1.21. The summed E-state index contributed by atoms with van der Waals surface area (Å²) in [4.78, 5) is 35.1. The Labute approximate surface area is 126 Å². The van der Waals surface area contributed by atoms with Crippen LogP contribution in [0.25, 0.3) is 0 Å². The monoisotopic (exact) mass is 310 g/mol. The van der Waals surface area contributed by atoms with Crippen LogP contribution in [0.1, 0.15) is 43.0 Å². The number of thiophene rings is 1. The highest BCUT2D eigenvalue weighted by molar-refractivity contribution is 7.08. The predicted molar refractivity (Wildman–Crippen MR) is 78.1 cm³/mol. The van der Waals surface area contributed by atoms with Gasteiger partial charge < -0.3 is 10.1 Å². The summed E-state index contributed by atoms with van der Waals surface area (Å²) in [7, 11) is 0. The summed E-state index contributed by atoms with van der Waals surface area (Å²) in [5, 5.41) is 8.31. The smallest absolute Gasteiger partial charge is 0.339 e. The molecule has 1 aliphatic carbocycles. The molecule has 2 N–H and O–H groups in total. The lowest BCUT2D eigenvalue weighted by Gasteiger charge is -2.15. The molecule has 1 saturated carbocycles. The largest absolute Gasteiger partial charge is 0.449 e. The van der Waals surface area contributed by atoms with Crippen molar-refractivity contribution in [2.75, 3.05) is 0 Å². The van der Waals surface area contributed by atoms with E-state index in [4.69, 9.17) is 4.74 Å². The minimum absolute atomic E-state index is 0.126. The second-order valence-corrected chi connectivity index (χ2v) is 5.78. The molecule has 1 aromatic heterocycles. The molecular weight excluding hydrogens is 292 g/mol. The van der Waals surface area contributed by atoms with E-state index in [0.717, 1.165) is 25.7 Å². The molecule has 7 heteroatoms.